The van der Waals surface area contributed by atoms with Crippen LogP contribution in [-0.4, -0.2) is 8.42 Å². The van der Waals surface area contributed by atoms with Gasteiger partial charge in [0.1, 0.15) is 11.1 Å². The molecule has 3 aromatic rings. The first-order valence-electron chi connectivity index (χ1n) is 9.06. The second-order valence-corrected chi connectivity index (χ2v) is 9.75. The molecule has 0 amide bonds. The fraction of sp³-hybridized carbons (Fsp3) is 0.0870. The molecule has 3 rings (SSSR count). The standard InChI is InChI=1S/C23H19ClN2O2S2/c1-17-8-5-6-13-21(17)26-23(29-16-18-9-7-10-19(24)14-18)22(15-25)30(27,28)20-11-3-2-4-12-20/h2-14,26H,16H2,1H3/b23-22+. The van der Waals surface area contributed by atoms with Crippen LogP contribution in [0.1, 0.15) is 11.1 Å². The number of halogens is 1. The lowest BCUT2D eigenvalue weighted by molar-refractivity contribution is 0.603. The molecule has 0 spiro atoms. The van der Waals surface area contributed by atoms with Crippen molar-refractivity contribution in [3.05, 3.63) is 105 Å². The van der Waals surface area contributed by atoms with Gasteiger partial charge in [0.05, 0.1) is 4.90 Å². The van der Waals surface area contributed by atoms with Crippen LogP contribution >= 0.6 is 23.4 Å². The smallest absolute Gasteiger partial charge is 0.219 e. The average Bonchev–Trinajstić information content (AvgIpc) is 2.74. The molecule has 152 valence electrons. The molecule has 0 aliphatic carbocycles. The Morgan fingerprint density at radius 2 is 1.73 bits per heavy atom. The molecule has 0 unspecified atom stereocenters. The quantitative estimate of drug-likeness (QED) is 0.433. The lowest BCUT2D eigenvalue weighted by atomic mass is 10.2. The first kappa shape index (κ1) is 22.0. The second-order valence-electron chi connectivity index (χ2n) is 6.45. The Hall–Kier alpha value is -2.72. The first-order chi connectivity index (χ1) is 14.4. The van der Waals surface area contributed by atoms with Crippen molar-refractivity contribution < 1.29 is 8.42 Å². The van der Waals surface area contributed by atoms with Crippen molar-refractivity contribution >= 4 is 38.9 Å². The fourth-order valence-electron chi connectivity index (χ4n) is 2.73. The number of hydrogen-bond donors (Lipinski definition) is 1. The van der Waals surface area contributed by atoms with Crippen molar-refractivity contribution in [1.29, 1.82) is 5.26 Å². The Morgan fingerprint density at radius 1 is 1.03 bits per heavy atom. The Morgan fingerprint density at radius 3 is 2.40 bits per heavy atom. The summed E-state index contributed by atoms with van der Waals surface area (Å²) in [5, 5.41) is 13.9. The number of para-hydroxylation sites is 1. The van der Waals surface area contributed by atoms with Crippen LogP contribution in [0.15, 0.2) is 93.7 Å². The van der Waals surface area contributed by atoms with Crippen LogP contribution in [0.5, 0.6) is 0 Å². The molecule has 0 aromatic heterocycles. The molecule has 0 saturated heterocycles. The van der Waals surface area contributed by atoms with Crippen molar-refractivity contribution in [3.63, 3.8) is 0 Å². The van der Waals surface area contributed by atoms with E-state index in [2.05, 4.69) is 5.32 Å². The van der Waals surface area contributed by atoms with E-state index in [9.17, 15) is 13.7 Å². The fourth-order valence-corrected chi connectivity index (χ4v) is 5.46. The van der Waals surface area contributed by atoms with E-state index in [0.717, 1.165) is 16.8 Å². The molecule has 0 saturated carbocycles. The number of aryl methyl sites for hydroxylation is 1. The van der Waals surface area contributed by atoms with Gasteiger partial charge in [0.15, 0.2) is 4.91 Å². The van der Waals surface area contributed by atoms with E-state index in [1.165, 1.54) is 23.9 Å². The molecular weight excluding hydrogens is 436 g/mol. The van der Waals surface area contributed by atoms with Crippen LogP contribution in [0.2, 0.25) is 5.02 Å². The maximum absolute atomic E-state index is 13.2. The number of rotatable bonds is 7. The second kappa shape index (κ2) is 9.86. The zero-order valence-electron chi connectivity index (χ0n) is 16.2. The van der Waals surface area contributed by atoms with E-state index in [0.29, 0.717) is 10.8 Å². The van der Waals surface area contributed by atoms with Crippen LogP contribution in [0.25, 0.3) is 0 Å². The van der Waals surface area contributed by atoms with E-state index in [-0.39, 0.29) is 14.8 Å². The molecule has 0 aliphatic rings. The third-order valence-corrected chi connectivity index (χ3v) is 7.46. The highest BCUT2D eigenvalue weighted by molar-refractivity contribution is 8.04. The van der Waals surface area contributed by atoms with Crippen LogP contribution in [0, 0.1) is 18.3 Å². The molecule has 3 aromatic carbocycles. The average molecular weight is 455 g/mol. The van der Waals surface area contributed by atoms with Gasteiger partial charge in [-0.25, -0.2) is 8.42 Å². The van der Waals surface area contributed by atoms with E-state index < -0.39 is 9.84 Å². The number of nitriles is 1. The molecule has 7 heteroatoms. The summed E-state index contributed by atoms with van der Waals surface area (Å²) >= 11 is 7.32. The summed E-state index contributed by atoms with van der Waals surface area (Å²) in [4.78, 5) is -0.238. The largest absolute Gasteiger partial charge is 0.348 e. The molecule has 0 fully saturated rings. The molecule has 30 heavy (non-hydrogen) atoms. The summed E-state index contributed by atoms with van der Waals surface area (Å²) in [6, 6.07) is 24.7. The highest BCUT2D eigenvalue weighted by Gasteiger charge is 2.25. The van der Waals surface area contributed by atoms with E-state index in [1.807, 2.05) is 55.5 Å². The van der Waals surface area contributed by atoms with E-state index >= 15 is 0 Å². The first-order valence-corrected chi connectivity index (χ1v) is 11.9. The van der Waals surface area contributed by atoms with Crippen LogP contribution < -0.4 is 5.32 Å². The number of sulfone groups is 1. The number of hydrogen-bond acceptors (Lipinski definition) is 5. The Labute approximate surface area is 186 Å². The Bertz CT molecular complexity index is 1220. The molecule has 4 nitrogen and oxygen atoms in total. The number of benzene rings is 3. The van der Waals surface area contributed by atoms with Gasteiger partial charge in [0.25, 0.3) is 0 Å². The van der Waals surface area contributed by atoms with Gasteiger partial charge >= 0.3 is 0 Å². The number of nitrogens with zero attached hydrogens (tertiary/aromatic N) is 1. The maximum atomic E-state index is 13.2. The van der Waals surface area contributed by atoms with Crippen LogP contribution in [0.4, 0.5) is 5.69 Å². The Kier molecular flexibility index (Phi) is 7.22. The number of thioether (sulfide) groups is 1. The predicted octanol–water partition coefficient (Wildman–Crippen LogP) is 6.16. The third kappa shape index (κ3) is 5.25. The summed E-state index contributed by atoms with van der Waals surface area (Å²) in [6.07, 6.45) is 0. The summed E-state index contributed by atoms with van der Waals surface area (Å²) < 4.78 is 26.4. The SMILES string of the molecule is Cc1ccccc1N/C(SCc1cccc(Cl)c1)=C(/C#N)S(=O)(=O)c1ccccc1. The summed E-state index contributed by atoms with van der Waals surface area (Å²) in [6.45, 7) is 1.92. The minimum atomic E-state index is -3.99. The zero-order chi connectivity index (χ0) is 21.6. The Balaban J connectivity index is 2.06. The molecule has 0 bridgehead atoms. The van der Waals surface area contributed by atoms with Crippen LogP contribution in [0.3, 0.4) is 0 Å². The van der Waals surface area contributed by atoms with Gasteiger partial charge < -0.3 is 5.32 Å². The van der Waals surface area contributed by atoms with Gasteiger partial charge in [0, 0.05) is 16.5 Å². The van der Waals surface area contributed by atoms with Gasteiger partial charge in [-0.3, -0.25) is 0 Å². The normalized spacial score (nSPS) is 12.0. The van der Waals surface area contributed by atoms with E-state index in [4.69, 9.17) is 11.6 Å². The van der Waals surface area contributed by atoms with Gasteiger partial charge in [0.2, 0.25) is 9.84 Å². The third-order valence-electron chi connectivity index (χ3n) is 4.30. The zero-order valence-corrected chi connectivity index (χ0v) is 18.6. The lowest BCUT2D eigenvalue weighted by Gasteiger charge is -2.15. The number of nitrogens with one attached hydrogen (secondary N) is 1. The summed E-state index contributed by atoms with van der Waals surface area (Å²) in [5.41, 5.74) is 2.60. The minimum absolute atomic E-state index is 0.0778. The molecule has 0 radical (unpaired) electrons. The number of allylic oxidation sites excluding steroid dienone is 1. The summed E-state index contributed by atoms with van der Waals surface area (Å²) in [7, 11) is -3.99. The van der Waals surface area contributed by atoms with Crippen molar-refractivity contribution in [2.45, 2.75) is 17.6 Å². The predicted molar refractivity (Wildman–Crippen MR) is 124 cm³/mol. The monoisotopic (exact) mass is 454 g/mol. The van der Waals surface area contributed by atoms with Crippen molar-refractivity contribution in [1.82, 2.24) is 0 Å². The highest BCUT2D eigenvalue weighted by Crippen LogP contribution is 2.32. The topological polar surface area (TPSA) is 70.0 Å². The van der Waals surface area contributed by atoms with E-state index in [1.54, 1.807) is 24.3 Å². The number of anilines is 1. The van der Waals surface area contributed by atoms with Crippen molar-refractivity contribution in [3.8, 4) is 6.07 Å². The van der Waals surface area contributed by atoms with Gasteiger partial charge in [-0.1, -0.05) is 60.1 Å². The molecule has 0 aliphatic heterocycles. The van der Waals surface area contributed by atoms with Crippen molar-refractivity contribution in [2.24, 2.45) is 0 Å². The molecule has 0 atom stereocenters. The van der Waals surface area contributed by atoms with Gasteiger partial charge in [-0.15, -0.1) is 11.8 Å². The lowest BCUT2D eigenvalue weighted by Crippen LogP contribution is -2.10. The van der Waals surface area contributed by atoms with Crippen LogP contribution in [-0.2, 0) is 15.6 Å². The highest BCUT2D eigenvalue weighted by atomic mass is 35.5. The summed E-state index contributed by atoms with van der Waals surface area (Å²) in [5.74, 6) is 0.449. The minimum Gasteiger partial charge on any atom is -0.348 e. The van der Waals surface area contributed by atoms with Gasteiger partial charge in [-0.05, 0) is 48.4 Å². The molecule has 1 N–H and O–H groups in total. The molecular formula is C23H19ClN2O2S2. The maximum Gasteiger partial charge on any atom is 0.219 e. The van der Waals surface area contributed by atoms with Gasteiger partial charge in [-0.2, -0.15) is 5.26 Å². The molecule has 0 heterocycles. The van der Waals surface area contributed by atoms with Crippen molar-refractivity contribution in [2.75, 3.05) is 5.32 Å².